The van der Waals surface area contributed by atoms with Crippen LogP contribution in [-0.2, 0) is 19.3 Å². The lowest BCUT2D eigenvalue weighted by molar-refractivity contribution is -0.267. The molecule has 0 atom stereocenters. The molecular weight excluding hydrogens is 368 g/mol. The zero-order valence-electron chi connectivity index (χ0n) is 17.3. The minimum atomic E-state index is -1.07. The van der Waals surface area contributed by atoms with Gasteiger partial charge in [0.2, 0.25) is 0 Å². The van der Waals surface area contributed by atoms with E-state index in [1.165, 1.54) is 0 Å². The van der Waals surface area contributed by atoms with E-state index in [0.717, 1.165) is 47.8 Å². The van der Waals surface area contributed by atoms with E-state index < -0.39 is 5.66 Å². The van der Waals surface area contributed by atoms with Crippen molar-refractivity contribution < 1.29 is 19.3 Å². The fourth-order valence-electron chi connectivity index (χ4n) is 3.35. The van der Waals surface area contributed by atoms with Gasteiger partial charge in [0.05, 0.1) is 19.6 Å². The van der Waals surface area contributed by atoms with Crippen LogP contribution in [0.25, 0.3) is 10.8 Å². The minimum absolute atomic E-state index is 0.0113. The Morgan fingerprint density at radius 3 is 2.24 bits per heavy atom. The van der Waals surface area contributed by atoms with Crippen molar-refractivity contribution in [1.29, 1.82) is 0 Å². The van der Waals surface area contributed by atoms with E-state index in [1.54, 1.807) is 0 Å². The van der Waals surface area contributed by atoms with E-state index >= 15 is 0 Å². The van der Waals surface area contributed by atoms with Crippen LogP contribution in [0.3, 0.4) is 0 Å². The highest BCUT2D eigenvalue weighted by atomic mass is 17.2. The summed E-state index contributed by atoms with van der Waals surface area (Å²) in [5, 5.41) is 9.00. The molecule has 2 aromatic rings. The average Bonchev–Trinajstić information content (AvgIpc) is 2.71. The van der Waals surface area contributed by atoms with E-state index in [0.29, 0.717) is 13.2 Å². The zero-order chi connectivity index (χ0) is 20.7. The van der Waals surface area contributed by atoms with Crippen molar-refractivity contribution in [3.05, 3.63) is 48.7 Å². The maximum absolute atomic E-state index is 12.6. The molecule has 0 bridgehead atoms. The quantitative estimate of drug-likeness (QED) is 0.174. The number of unbranched alkanes of at least 4 members (excludes halogenated alkanes) is 2. The summed E-state index contributed by atoms with van der Waals surface area (Å²) >= 11 is 0. The average molecular weight is 399 g/mol. The maximum atomic E-state index is 12.6. The Kier molecular flexibility index (Phi) is 6.99. The van der Waals surface area contributed by atoms with Crippen molar-refractivity contribution in [3.8, 4) is 0 Å². The van der Waals surface area contributed by atoms with Crippen LogP contribution >= 0.6 is 0 Å². The first-order valence-electron chi connectivity index (χ1n) is 10.3. The highest BCUT2D eigenvalue weighted by Crippen LogP contribution is 2.41. The van der Waals surface area contributed by atoms with Gasteiger partial charge < -0.3 is 20.3 Å². The van der Waals surface area contributed by atoms with Crippen LogP contribution in [-0.4, -0.2) is 24.8 Å². The van der Waals surface area contributed by atoms with Gasteiger partial charge in [-0.3, -0.25) is 4.79 Å². The van der Waals surface area contributed by atoms with E-state index in [1.807, 2.05) is 24.3 Å². The van der Waals surface area contributed by atoms with Gasteiger partial charge in [0.1, 0.15) is 0 Å². The first-order valence-corrected chi connectivity index (χ1v) is 10.3. The van der Waals surface area contributed by atoms with Crippen molar-refractivity contribution in [1.82, 2.24) is 0 Å². The Labute approximate surface area is 172 Å². The second kappa shape index (κ2) is 9.65. The molecule has 0 aliphatic carbocycles. The molecule has 0 radical (unpaired) electrons. The summed E-state index contributed by atoms with van der Waals surface area (Å²) in [6.07, 6.45) is 3.68. The molecule has 2 N–H and O–H groups in total. The van der Waals surface area contributed by atoms with Crippen molar-refractivity contribution in [2.75, 3.05) is 23.8 Å². The number of rotatable bonds is 11. The molecule has 6 heteroatoms. The topological polar surface area (TPSA) is 68.8 Å². The number of nitrogens with one attached hydrogen (secondary N) is 2. The molecule has 0 saturated carbocycles. The monoisotopic (exact) mass is 398 g/mol. The third-order valence-corrected chi connectivity index (χ3v) is 4.99. The second-order valence-electron chi connectivity index (χ2n) is 7.30. The van der Waals surface area contributed by atoms with Gasteiger partial charge in [-0.2, -0.15) is 4.89 Å². The van der Waals surface area contributed by atoms with Crippen molar-refractivity contribution >= 4 is 28.1 Å². The van der Waals surface area contributed by atoms with E-state index in [2.05, 4.69) is 43.2 Å². The molecule has 156 valence electrons. The summed E-state index contributed by atoms with van der Waals surface area (Å²) in [6, 6.07) is 12.0. The Hall–Kier alpha value is -2.73. The molecular formula is C23H30N2O4. The fraction of sp³-hybridized carbons (Fsp3) is 0.435. The van der Waals surface area contributed by atoms with Crippen molar-refractivity contribution in [2.45, 2.75) is 51.6 Å². The standard InChI is InChI=1S/C23H30N2O4/c1-4-6-14-27-21(26)16-23(17(3)29-28-15-7-5-2)24-19-12-8-10-18-11-9-13-20(25-23)22(18)19/h8-13,24-25H,3-7,14-16H2,1-2H3. The summed E-state index contributed by atoms with van der Waals surface area (Å²) in [5.41, 5.74) is 0.728. The maximum Gasteiger partial charge on any atom is 0.310 e. The first kappa shape index (κ1) is 21.0. The van der Waals surface area contributed by atoms with E-state index in [9.17, 15) is 4.79 Å². The van der Waals surface area contributed by atoms with E-state index in [-0.39, 0.29) is 18.1 Å². The number of esters is 1. The first-order chi connectivity index (χ1) is 14.1. The van der Waals surface area contributed by atoms with Crippen LogP contribution in [0.5, 0.6) is 0 Å². The van der Waals surface area contributed by atoms with Gasteiger partial charge in [0, 0.05) is 16.8 Å². The SMILES string of the molecule is C=C(OOCCCC)C1(CC(=O)OCCCC)Nc2cccc3cccc(c23)N1. The van der Waals surface area contributed by atoms with Gasteiger partial charge in [-0.25, -0.2) is 0 Å². The highest BCUT2D eigenvalue weighted by Gasteiger charge is 2.42. The summed E-state index contributed by atoms with van der Waals surface area (Å²) in [7, 11) is 0. The van der Waals surface area contributed by atoms with Crippen molar-refractivity contribution in [3.63, 3.8) is 0 Å². The molecule has 2 aromatic carbocycles. The number of hydrogen-bond acceptors (Lipinski definition) is 6. The van der Waals surface area contributed by atoms with Crippen molar-refractivity contribution in [2.24, 2.45) is 0 Å². The van der Waals surface area contributed by atoms with Crippen LogP contribution in [0.2, 0.25) is 0 Å². The third-order valence-electron chi connectivity index (χ3n) is 4.99. The summed E-state index contributed by atoms with van der Waals surface area (Å²) in [4.78, 5) is 23.4. The predicted octanol–water partition coefficient (Wildman–Crippen LogP) is 5.37. The van der Waals surface area contributed by atoms with Crippen LogP contribution < -0.4 is 10.6 Å². The molecule has 0 aromatic heterocycles. The lowest BCUT2D eigenvalue weighted by atomic mass is 9.96. The Bertz CT molecular complexity index is 824. The summed E-state index contributed by atoms with van der Waals surface area (Å²) in [5.74, 6) is -0.0455. The molecule has 0 spiro atoms. The largest absolute Gasteiger partial charge is 0.466 e. The lowest BCUT2D eigenvalue weighted by Gasteiger charge is -2.40. The number of carbonyl (C=O) groups is 1. The minimum Gasteiger partial charge on any atom is -0.466 e. The van der Waals surface area contributed by atoms with Gasteiger partial charge in [0.25, 0.3) is 0 Å². The number of carbonyl (C=O) groups excluding carboxylic acids is 1. The third kappa shape index (κ3) is 4.82. The molecule has 1 heterocycles. The van der Waals surface area contributed by atoms with E-state index in [4.69, 9.17) is 14.5 Å². The van der Waals surface area contributed by atoms with Gasteiger partial charge in [-0.05, 0) is 30.4 Å². The molecule has 0 fully saturated rings. The molecule has 29 heavy (non-hydrogen) atoms. The highest BCUT2D eigenvalue weighted by molar-refractivity contribution is 6.05. The van der Waals surface area contributed by atoms with Crippen LogP contribution in [0.1, 0.15) is 46.0 Å². The van der Waals surface area contributed by atoms with Crippen LogP contribution in [0, 0.1) is 0 Å². The Balaban J connectivity index is 1.85. The molecule has 0 amide bonds. The second-order valence-corrected chi connectivity index (χ2v) is 7.30. The summed E-state index contributed by atoms with van der Waals surface area (Å²) < 4.78 is 5.41. The number of anilines is 2. The molecule has 1 aliphatic rings. The Morgan fingerprint density at radius 1 is 1.00 bits per heavy atom. The van der Waals surface area contributed by atoms with Gasteiger partial charge in [0.15, 0.2) is 11.4 Å². The lowest BCUT2D eigenvalue weighted by Crippen LogP contribution is -2.52. The number of hydrogen-bond donors (Lipinski definition) is 2. The molecule has 6 nitrogen and oxygen atoms in total. The van der Waals surface area contributed by atoms with Crippen LogP contribution in [0.15, 0.2) is 48.7 Å². The Morgan fingerprint density at radius 2 is 1.62 bits per heavy atom. The molecule has 3 rings (SSSR count). The zero-order valence-corrected chi connectivity index (χ0v) is 17.3. The van der Waals surface area contributed by atoms with Gasteiger partial charge >= 0.3 is 5.97 Å². The molecule has 0 unspecified atom stereocenters. The van der Waals surface area contributed by atoms with Crippen LogP contribution in [0.4, 0.5) is 11.4 Å². The predicted molar refractivity (Wildman–Crippen MR) is 115 cm³/mol. The summed E-state index contributed by atoms with van der Waals surface area (Å²) in [6.45, 7) is 9.05. The fourth-order valence-corrected chi connectivity index (χ4v) is 3.35. The van der Waals surface area contributed by atoms with Gasteiger partial charge in [-0.1, -0.05) is 57.5 Å². The normalized spacial score (nSPS) is 14.0. The molecule has 0 saturated heterocycles. The molecule has 1 aliphatic heterocycles. The number of ether oxygens (including phenoxy) is 1. The smallest absolute Gasteiger partial charge is 0.310 e. The van der Waals surface area contributed by atoms with Gasteiger partial charge in [-0.15, -0.1) is 0 Å². The number of benzene rings is 2.